The Morgan fingerprint density at radius 1 is 1.05 bits per heavy atom. The maximum Gasteiger partial charge on any atom is 0.129 e. The number of benzene rings is 1. The number of piperidine rings is 1. The molecule has 0 spiro atoms. The largest absolute Gasteiger partial charge is 0.383 e. The fourth-order valence-corrected chi connectivity index (χ4v) is 2.77. The molecule has 0 unspecified atom stereocenters. The quantitative estimate of drug-likeness (QED) is 0.898. The van der Waals surface area contributed by atoms with Crippen LogP contribution in [0.5, 0.6) is 0 Å². The number of anilines is 2. The van der Waals surface area contributed by atoms with Crippen molar-refractivity contribution in [1.82, 2.24) is 9.78 Å². The first-order chi connectivity index (χ1) is 9.27. The Labute approximate surface area is 113 Å². The van der Waals surface area contributed by atoms with Crippen molar-refractivity contribution in [2.75, 3.05) is 23.7 Å². The van der Waals surface area contributed by atoms with E-state index in [0.717, 1.165) is 24.5 Å². The lowest BCUT2D eigenvalue weighted by molar-refractivity contribution is 0.578. The van der Waals surface area contributed by atoms with E-state index in [1.807, 2.05) is 13.2 Å². The number of aromatic nitrogens is 2. The van der Waals surface area contributed by atoms with Crippen molar-refractivity contribution >= 4 is 11.5 Å². The van der Waals surface area contributed by atoms with Crippen molar-refractivity contribution < 1.29 is 0 Å². The molecule has 0 saturated carbocycles. The van der Waals surface area contributed by atoms with Crippen molar-refractivity contribution in [1.29, 1.82) is 0 Å². The summed E-state index contributed by atoms with van der Waals surface area (Å²) >= 11 is 0. The van der Waals surface area contributed by atoms with E-state index < -0.39 is 0 Å². The first kappa shape index (κ1) is 12.1. The third kappa shape index (κ3) is 2.18. The molecule has 2 heterocycles. The van der Waals surface area contributed by atoms with Gasteiger partial charge in [-0.1, -0.05) is 18.2 Å². The number of rotatable bonds is 2. The van der Waals surface area contributed by atoms with E-state index in [2.05, 4.69) is 34.3 Å². The highest BCUT2D eigenvalue weighted by atomic mass is 15.3. The van der Waals surface area contributed by atoms with E-state index in [1.165, 1.54) is 30.5 Å². The van der Waals surface area contributed by atoms with Gasteiger partial charge in [0.25, 0.3) is 0 Å². The molecule has 100 valence electrons. The summed E-state index contributed by atoms with van der Waals surface area (Å²) < 4.78 is 1.72. The summed E-state index contributed by atoms with van der Waals surface area (Å²) in [4.78, 5) is 2.46. The third-order valence-corrected chi connectivity index (χ3v) is 3.88. The Bertz CT molecular complexity index is 567. The van der Waals surface area contributed by atoms with E-state index in [-0.39, 0.29) is 0 Å². The summed E-state index contributed by atoms with van der Waals surface area (Å²) in [5.41, 5.74) is 9.62. The second-order valence-corrected chi connectivity index (χ2v) is 5.13. The molecule has 1 aliphatic rings. The lowest BCUT2D eigenvalue weighted by Crippen LogP contribution is -2.29. The Hall–Kier alpha value is -1.97. The monoisotopic (exact) mass is 256 g/mol. The van der Waals surface area contributed by atoms with Gasteiger partial charge in [0, 0.05) is 37.0 Å². The molecule has 4 nitrogen and oxygen atoms in total. The zero-order valence-corrected chi connectivity index (χ0v) is 11.3. The maximum absolute atomic E-state index is 6.11. The van der Waals surface area contributed by atoms with Crippen molar-refractivity contribution in [3.05, 3.63) is 30.5 Å². The molecule has 0 amide bonds. The van der Waals surface area contributed by atoms with Gasteiger partial charge in [-0.3, -0.25) is 4.68 Å². The molecule has 1 aromatic carbocycles. The smallest absolute Gasteiger partial charge is 0.129 e. The van der Waals surface area contributed by atoms with Crippen molar-refractivity contribution in [2.24, 2.45) is 7.05 Å². The van der Waals surface area contributed by atoms with Crippen molar-refractivity contribution in [3.63, 3.8) is 0 Å². The van der Waals surface area contributed by atoms with Crippen LogP contribution >= 0.6 is 0 Å². The van der Waals surface area contributed by atoms with Gasteiger partial charge in [-0.05, 0) is 25.3 Å². The van der Waals surface area contributed by atoms with Crippen molar-refractivity contribution in [2.45, 2.75) is 19.3 Å². The topological polar surface area (TPSA) is 47.1 Å². The molecule has 1 fully saturated rings. The van der Waals surface area contributed by atoms with Gasteiger partial charge >= 0.3 is 0 Å². The minimum absolute atomic E-state index is 0.726. The van der Waals surface area contributed by atoms with E-state index in [9.17, 15) is 0 Å². The van der Waals surface area contributed by atoms with E-state index in [1.54, 1.807) is 4.68 Å². The van der Waals surface area contributed by atoms with Gasteiger partial charge in [0.15, 0.2) is 0 Å². The zero-order valence-electron chi connectivity index (χ0n) is 11.3. The summed E-state index contributed by atoms with van der Waals surface area (Å²) in [6.45, 7) is 2.27. The highest BCUT2D eigenvalue weighted by Gasteiger charge is 2.17. The van der Waals surface area contributed by atoms with Crippen LogP contribution in [0.25, 0.3) is 11.1 Å². The van der Waals surface area contributed by atoms with Crippen molar-refractivity contribution in [3.8, 4) is 11.1 Å². The number of nitrogens with zero attached hydrogens (tertiary/aromatic N) is 3. The van der Waals surface area contributed by atoms with Crippen LogP contribution in [-0.4, -0.2) is 22.9 Å². The van der Waals surface area contributed by atoms with Gasteiger partial charge in [0.05, 0.1) is 6.20 Å². The SMILES string of the molecule is Cn1ncc(-c2ccccc2N2CCCCC2)c1N. The van der Waals surface area contributed by atoms with E-state index in [4.69, 9.17) is 5.73 Å². The number of nitrogen functional groups attached to an aromatic ring is 1. The molecular formula is C15H20N4. The minimum Gasteiger partial charge on any atom is -0.383 e. The fourth-order valence-electron chi connectivity index (χ4n) is 2.77. The summed E-state index contributed by atoms with van der Waals surface area (Å²) in [5.74, 6) is 0.726. The molecule has 1 saturated heterocycles. The molecule has 0 aliphatic carbocycles. The van der Waals surface area contributed by atoms with Gasteiger partial charge in [-0.15, -0.1) is 0 Å². The molecule has 4 heteroatoms. The standard InChI is InChI=1S/C15H20N4/c1-18-15(16)13(11-17-18)12-7-3-4-8-14(12)19-9-5-2-6-10-19/h3-4,7-8,11H,2,5-6,9-10,16H2,1H3. The molecule has 0 radical (unpaired) electrons. The zero-order chi connectivity index (χ0) is 13.2. The predicted octanol–water partition coefficient (Wildman–Crippen LogP) is 2.66. The Morgan fingerprint density at radius 2 is 1.79 bits per heavy atom. The number of para-hydroxylation sites is 1. The first-order valence-electron chi connectivity index (χ1n) is 6.89. The first-order valence-corrected chi connectivity index (χ1v) is 6.89. The summed E-state index contributed by atoms with van der Waals surface area (Å²) in [6.07, 6.45) is 5.75. The summed E-state index contributed by atoms with van der Waals surface area (Å²) in [6, 6.07) is 8.49. The lowest BCUT2D eigenvalue weighted by atomic mass is 10.0. The molecule has 3 rings (SSSR count). The highest BCUT2D eigenvalue weighted by molar-refractivity contribution is 5.84. The number of hydrogen-bond donors (Lipinski definition) is 1. The Balaban J connectivity index is 2.04. The normalized spacial score (nSPS) is 15.7. The fraction of sp³-hybridized carbons (Fsp3) is 0.400. The summed E-state index contributed by atoms with van der Waals surface area (Å²) in [7, 11) is 1.88. The van der Waals surface area contributed by atoms with Gasteiger partial charge in [0.2, 0.25) is 0 Å². The Kier molecular flexibility index (Phi) is 3.15. The average Bonchev–Trinajstić information content (AvgIpc) is 2.80. The average molecular weight is 256 g/mol. The molecule has 1 aliphatic heterocycles. The van der Waals surface area contributed by atoms with Gasteiger partial charge in [-0.25, -0.2) is 0 Å². The number of aryl methyl sites for hydroxylation is 1. The number of hydrogen-bond acceptors (Lipinski definition) is 3. The van der Waals surface area contributed by atoms with Crippen LogP contribution in [0.4, 0.5) is 11.5 Å². The van der Waals surface area contributed by atoms with Crippen LogP contribution in [0.3, 0.4) is 0 Å². The second-order valence-electron chi connectivity index (χ2n) is 5.13. The van der Waals surface area contributed by atoms with Gasteiger partial charge in [0.1, 0.15) is 5.82 Å². The van der Waals surface area contributed by atoms with Crippen LogP contribution in [0.15, 0.2) is 30.5 Å². The predicted molar refractivity (Wildman–Crippen MR) is 79.1 cm³/mol. The van der Waals surface area contributed by atoms with Crippen LogP contribution < -0.4 is 10.6 Å². The highest BCUT2D eigenvalue weighted by Crippen LogP contribution is 2.35. The molecular weight excluding hydrogens is 236 g/mol. The second kappa shape index (κ2) is 4.96. The van der Waals surface area contributed by atoms with Crippen LogP contribution in [-0.2, 0) is 7.05 Å². The number of nitrogens with two attached hydrogens (primary N) is 1. The Morgan fingerprint density at radius 3 is 2.47 bits per heavy atom. The van der Waals surface area contributed by atoms with E-state index in [0.29, 0.717) is 0 Å². The molecule has 1 aromatic heterocycles. The van der Waals surface area contributed by atoms with Crippen LogP contribution in [0.1, 0.15) is 19.3 Å². The molecule has 19 heavy (non-hydrogen) atoms. The van der Waals surface area contributed by atoms with E-state index >= 15 is 0 Å². The molecule has 2 aromatic rings. The van der Waals surface area contributed by atoms with Gasteiger partial charge < -0.3 is 10.6 Å². The lowest BCUT2D eigenvalue weighted by Gasteiger charge is -2.30. The third-order valence-electron chi connectivity index (χ3n) is 3.88. The minimum atomic E-state index is 0.726. The molecule has 0 bridgehead atoms. The van der Waals surface area contributed by atoms with Gasteiger partial charge in [-0.2, -0.15) is 5.10 Å². The summed E-state index contributed by atoms with van der Waals surface area (Å²) in [5, 5.41) is 4.25. The van der Waals surface area contributed by atoms with Crippen LogP contribution in [0, 0.1) is 0 Å². The maximum atomic E-state index is 6.11. The molecule has 0 atom stereocenters. The van der Waals surface area contributed by atoms with Crippen LogP contribution in [0.2, 0.25) is 0 Å². The molecule has 2 N–H and O–H groups in total.